The van der Waals surface area contributed by atoms with E-state index in [2.05, 4.69) is 6.07 Å². The van der Waals surface area contributed by atoms with Gasteiger partial charge in [0.15, 0.2) is 0 Å². The van der Waals surface area contributed by atoms with Gasteiger partial charge in [-0.1, -0.05) is 18.6 Å². The summed E-state index contributed by atoms with van der Waals surface area (Å²) in [4.78, 5) is 38.1. The topological polar surface area (TPSA) is 98.5 Å². The predicted octanol–water partition coefficient (Wildman–Crippen LogP) is 2.07. The molecular weight excluding hydrogens is 320 g/mol. The minimum atomic E-state index is -0.880. The van der Waals surface area contributed by atoms with Gasteiger partial charge in [-0.15, -0.1) is 0 Å². The van der Waals surface area contributed by atoms with E-state index >= 15 is 0 Å². The number of fused-ring (bicyclic) bond motifs is 2. The molecule has 1 aromatic carbocycles. The van der Waals surface area contributed by atoms with Crippen molar-refractivity contribution in [2.75, 3.05) is 0 Å². The van der Waals surface area contributed by atoms with Gasteiger partial charge in [-0.3, -0.25) is 19.3 Å². The average molecular weight is 336 g/mol. The Morgan fingerprint density at radius 3 is 2.24 bits per heavy atom. The Morgan fingerprint density at radius 1 is 1.24 bits per heavy atom. The minimum Gasteiger partial charge on any atom is -0.481 e. The summed E-state index contributed by atoms with van der Waals surface area (Å²) in [5, 5.41) is 19.3. The van der Waals surface area contributed by atoms with Crippen molar-refractivity contribution < 1.29 is 19.5 Å². The molecule has 25 heavy (non-hydrogen) atoms. The molecule has 0 radical (unpaired) electrons. The first-order valence-electron chi connectivity index (χ1n) is 8.59. The number of carboxylic acid groups (broad SMARTS) is 1. The van der Waals surface area contributed by atoms with Crippen molar-refractivity contribution in [3.05, 3.63) is 35.4 Å². The summed E-state index contributed by atoms with van der Waals surface area (Å²) in [6.07, 6.45) is 3.39. The third kappa shape index (κ3) is 1.44. The van der Waals surface area contributed by atoms with E-state index in [1.807, 2.05) is 0 Å². The van der Waals surface area contributed by atoms with Crippen molar-refractivity contribution in [3.63, 3.8) is 0 Å². The molecule has 1 aliphatic heterocycles. The molecule has 5 rings (SSSR count). The number of amides is 2. The number of nitriles is 1. The van der Waals surface area contributed by atoms with Crippen LogP contribution in [0.1, 0.15) is 46.4 Å². The zero-order valence-electron chi connectivity index (χ0n) is 13.4. The van der Waals surface area contributed by atoms with Gasteiger partial charge in [-0.2, -0.15) is 5.26 Å². The average Bonchev–Trinajstić information content (AvgIpc) is 3.42. The number of nitrogens with zero attached hydrogens (tertiary/aromatic N) is 2. The van der Waals surface area contributed by atoms with Crippen LogP contribution in [0.3, 0.4) is 0 Å². The van der Waals surface area contributed by atoms with Gasteiger partial charge >= 0.3 is 5.97 Å². The molecular formula is C19H16N2O4. The molecule has 0 saturated heterocycles. The van der Waals surface area contributed by atoms with Gasteiger partial charge in [0.1, 0.15) is 6.04 Å². The van der Waals surface area contributed by atoms with Crippen LogP contribution in [0.15, 0.2) is 24.3 Å². The third-order valence-electron chi connectivity index (χ3n) is 7.08. The standard InChI is InChI=1S/C19H16N2O4/c20-9-13(21-15(22)10-4-1-2-5-11(10)16(21)23)12-8-19(12)14(17(24)25)18(19)6-3-7-18/h1-2,4-5,12-14H,3,6-8H2,(H,24,25). The summed E-state index contributed by atoms with van der Waals surface area (Å²) in [5.41, 5.74) is 0.0714. The van der Waals surface area contributed by atoms with Gasteiger partial charge in [0.25, 0.3) is 11.8 Å². The van der Waals surface area contributed by atoms with Crippen LogP contribution < -0.4 is 0 Å². The van der Waals surface area contributed by atoms with Crippen molar-refractivity contribution in [2.45, 2.75) is 31.7 Å². The van der Waals surface area contributed by atoms with Crippen molar-refractivity contribution in [1.82, 2.24) is 4.90 Å². The first kappa shape index (κ1) is 14.6. The number of benzene rings is 1. The van der Waals surface area contributed by atoms with Crippen LogP contribution in [-0.2, 0) is 4.79 Å². The molecule has 4 unspecified atom stereocenters. The molecule has 6 heteroatoms. The molecule has 2 amide bonds. The van der Waals surface area contributed by atoms with Crippen LogP contribution in [0.25, 0.3) is 0 Å². The summed E-state index contributed by atoms with van der Waals surface area (Å²) in [6.45, 7) is 0. The van der Waals surface area contributed by atoms with Crippen molar-refractivity contribution >= 4 is 17.8 Å². The lowest BCUT2D eigenvalue weighted by Crippen LogP contribution is -2.41. The van der Waals surface area contributed by atoms with E-state index in [4.69, 9.17) is 0 Å². The second-order valence-electron chi connectivity index (χ2n) is 7.73. The Kier molecular flexibility index (Phi) is 2.51. The molecule has 3 fully saturated rings. The number of aliphatic carboxylic acids is 1. The zero-order valence-corrected chi connectivity index (χ0v) is 13.4. The molecule has 1 aromatic rings. The molecule has 0 bridgehead atoms. The largest absolute Gasteiger partial charge is 0.481 e. The molecule has 4 atom stereocenters. The minimum absolute atomic E-state index is 0.197. The summed E-state index contributed by atoms with van der Waals surface area (Å²) < 4.78 is 0. The summed E-state index contributed by atoms with van der Waals surface area (Å²) in [6, 6.07) is 7.83. The smallest absolute Gasteiger partial charge is 0.307 e. The maximum absolute atomic E-state index is 12.7. The van der Waals surface area contributed by atoms with E-state index in [1.54, 1.807) is 24.3 Å². The Balaban J connectivity index is 1.48. The number of hydrogen-bond donors (Lipinski definition) is 1. The summed E-state index contributed by atoms with van der Waals surface area (Å²) >= 11 is 0. The van der Waals surface area contributed by atoms with Crippen molar-refractivity contribution in [2.24, 2.45) is 22.7 Å². The summed E-state index contributed by atoms with van der Waals surface area (Å²) in [7, 11) is 0. The number of imide groups is 1. The number of carbonyl (C=O) groups excluding carboxylic acids is 2. The predicted molar refractivity (Wildman–Crippen MR) is 84.3 cm³/mol. The molecule has 3 saturated carbocycles. The number of hydrogen-bond acceptors (Lipinski definition) is 4. The maximum Gasteiger partial charge on any atom is 0.307 e. The molecule has 2 spiro atoms. The van der Waals surface area contributed by atoms with Crippen molar-refractivity contribution in [3.8, 4) is 6.07 Å². The Bertz CT molecular complexity index is 862. The zero-order chi connectivity index (χ0) is 17.6. The van der Waals surface area contributed by atoms with E-state index in [0.29, 0.717) is 17.5 Å². The molecule has 6 nitrogen and oxygen atoms in total. The van der Waals surface area contributed by atoms with Gasteiger partial charge in [0, 0.05) is 5.92 Å². The number of carboxylic acids is 1. The molecule has 1 N–H and O–H groups in total. The van der Waals surface area contributed by atoms with Crippen LogP contribution in [0, 0.1) is 34.0 Å². The highest BCUT2D eigenvalue weighted by molar-refractivity contribution is 6.21. The van der Waals surface area contributed by atoms with Gasteiger partial charge in [-0.05, 0) is 42.2 Å². The van der Waals surface area contributed by atoms with E-state index in [1.165, 1.54) is 0 Å². The highest BCUT2D eigenvalue weighted by Crippen LogP contribution is 2.91. The SMILES string of the molecule is N#CC(C1CC12C(C(=O)O)C21CCC1)N1C(=O)c2ccccc2C1=O. The van der Waals surface area contributed by atoms with Crippen LogP contribution >= 0.6 is 0 Å². The second-order valence-corrected chi connectivity index (χ2v) is 7.73. The highest BCUT2D eigenvalue weighted by Gasteiger charge is 2.91. The fourth-order valence-electron chi connectivity index (χ4n) is 5.85. The fourth-order valence-corrected chi connectivity index (χ4v) is 5.85. The highest BCUT2D eigenvalue weighted by atomic mass is 16.4. The Morgan fingerprint density at radius 2 is 1.84 bits per heavy atom. The van der Waals surface area contributed by atoms with Gasteiger partial charge in [0.05, 0.1) is 23.1 Å². The molecule has 3 aliphatic carbocycles. The van der Waals surface area contributed by atoms with E-state index < -0.39 is 29.7 Å². The van der Waals surface area contributed by atoms with E-state index in [9.17, 15) is 24.8 Å². The quantitative estimate of drug-likeness (QED) is 0.852. The molecule has 1 heterocycles. The van der Waals surface area contributed by atoms with E-state index in [0.717, 1.165) is 24.2 Å². The summed E-state index contributed by atoms with van der Waals surface area (Å²) in [5.74, 6) is -2.33. The fraction of sp³-hybridized carbons (Fsp3) is 0.474. The molecule has 0 aromatic heterocycles. The lowest BCUT2D eigenvalue weighted by molar-refractivity contribution is -0.140. The van der Waals surface area contributed by atoms with Crippen LogP contribution in [0.4, 0.5) is 0 Å². The Labute approximate surface area is 144 Å². The third-order valence-corrected chi connectivity index (χ3v) is 7.08. The first-order valence-corrected chi connectivity index (χ1v) is 8.59. The normalized spacial score (nSPS) is 34.4. The lowest BCUT2D eigenvalue weighted by atomic mass is 9.77. The maximum atomic E-state index is 12.7. The Hall–Kier alpha value is -2.68. The van der Waals surface area contributed by atoms with Crippen LogP contribution in [-0.4, -0.2) is 33.8 Å². The molecule has 126 valence electrons. The monoisotopic (exact) mass is 336 g/mol. The van der Waals surface area contributed by atoms with E-state index in [-0.39, 0.29) is 16.7 Å². The first-order chi connectivity index (χ1) is 12.0. The molecule has 4 aliphatic rings. The van der Waals surface area contributed by atoms with Crippen LogP contribution in [0.2, 0.25) is 0 Å². The number of carbonyl (C=O) groups is 3. The van der Waals surface area contributed by atoms with Gasteiger partial charge < -0.3 is 5.11 Å². The second kappa shape index (κ2) is 4.29. The lowest BCUT2D eigenvalue weighted by Gasteiger charge is -2.28. The number of rotatable bonds is 3. The van der Waals surface area contributed by atoms with Gasteiger partial charge in [0.2, 0.25) is 0 Å². The van der Waals surface area contributed by atoms with Crippen LogP contribution in [0.5, 0.6) is 0 Å². The van der Waals surface area contributed by atoms with Crippen molar-refractivity contribution in [1.29, 1.82) is 5.26 Å². The van der Waals surface area contributed by atoms with Gasteiger partial charge in [-0.25, -0.2) is 0 Å².